The van der Waals surface area contributed by atoms with Crippen molar-refractivity contribution in [3.63, 3.8) is 0 Å². The molecule has 28 heavy (non-hydrogen) atoms. The highest BCUT2D eigenvalue weighted by Gasteiger charge is 2.27. The summed E-state index contributed by atoms with van der Waals surface area (Å²) in [6.07, 6.45) is 3.78. The number of carbonyl (C=O) groups is 1. The summed E-state index contributed by atoms with van der Waals surface area (Å²) >= 11 is 1.72. The largest absolute Gasteiger partial charge is 0.321 e. The highest BCUT2D eigenvalue weighted by atomic mass is 32.2. The number of amides is 1. The van der Waals surface area contributed by atoms with E-state index in [1.807, 2.05) is 42.6 Å². The number of fused-ring (bicyclic) bond motifs is 1. The van der Waals surface area contributed by atoms with Crippen molar-refractivity contribution in [2.24, 2.45) is 17.0 Å². The minimum atomic E-state index is -0.173. The first-order valence-corrected chi connectivity index (χ1v) is 10.1. The molecule has 0 spiro atoms. The molecule has 3 heterocycles. The summed E-state index contributed by atoms with van der Waals surface area (Å²) in [6.45, 7) is 7.01. The van der Waals surface area contributed by atoms with Gasteiger partial charge in [0.15, 0.2) is 0 Å². The Balaban J connectivity index is 1.54. The van der Waals surface area contributed by atoms with Crippen LogP contribution in [0.25, 0.3) is 0 Å². The van der Waals surface area contributed by atoms with Crippen LogP contribution in [0.2, 0.25) is 0 Å². The fourth-order valence-corrected chi connectivity index (χ4v) is 4.18. The van der Waals surface area contributed by atoms with Crippen molar-refractivity contribution in [1.82, 2.24) is 9.78 Å². The van der Waals surface area contributed by atoms with Crippen LogP contribution in [0.3, 0.4) is 0 Å². The van der Waals surface area contributed by atoms with Crippen LogP contribution in [0, 0.1) is 0 Å². The third-order valence-corrected chi connectivity index (χ3v) is 5.91. The van der Waals surface area contributed by atoms with Gasteiger partial charge >= 0.3 is 0 Å². The van der Waals surface area contributed by atoms with Crippen LogP contribution in [-0.4, -0.2) is 38.7 Å². The van der Waals surface area contributed by atoms with Crippen molar-refractivity contribution in [2.75, 3.05) is 11.9 Å². The van der Waals surface area contributed by atoms with Gasteiger partial charge in [-0.25, -0.2) is 4.99 Å². The predicted octanol–water partition coefficient (Wildman–Crippen LogP) is 3.80. The number of rotatable bonds is 3. The molecule has 1 unspecified atom stereocenters. The van der Waals surface area contributed by atoms with Crippen LogP contribution in [-0.2, 0) is 12.5 Å². The van der Waals surface area contributed by atoms with Gasteiger partial charge in [0, 0.05) is 29.9 Å². The van der Waals surface area contributed by atoms with Crippen LogP contribution in [0.4, 0.5) is 5.69 Å². The van der Waals surface area contributed by atoms with Crippen LogP contribution < -0.4 is 5.32 Å². The number of benzene rings is 1. The number of hydrogen-bond donors (Lipinski definition) is 1. The molecule has 1 N–H and O–H groups in total. The number of anilines is 1. The van der Waals surface area contributed by atoms with E-state index in [-0.39, 0.29) is 11.3 Å². The van der Waals surface area contributed by atoms with Gasteiger partial charge in [0.2, 0.25) is 0 Å². The molecular weight excluding hydrogens is 370 g/mol. The van der Waals surface area contributed by atoms with Crippen LogP contribution in [0.5, 0.6) is 0 Å². The lowest BCUT2D eigenvalue weighted by Gasteiger charge is -2.13. The minimum absolute atomic E-state index is 0.108. The van der Waals surface area contributed by atoms with E-state index in [0.717, 1.165) is 34.2 Å². The first kappa shape index (κ1) is 18.7. The standard InChI is InChI=1S/C21H23N5OS/c1-21(2,3)18-11-16(26(4)25-18)19(27)23-14-7-5-6-13(10-14)20-24-15-8-9-22-12-17(15)28-20/h5-11,17H,12H2,1-4H3,(H,23,27). The van der Waals surface area contributed by atoms with Crippen LogP contribution >= 0.6 is 11.8 Å². The Labute approximate surface area is 168 Å². The fraction of sp³-hybridized carbons (Fsp3) is 0.333. The molecule has 2 aromatic rings. The van der Waals surface area contributed by atoms with E-state index < -0.39 is 0 Å². The topological polar surface area (TPSA) is 71.6 Å². The number of allylic oxidation sites excluding steroid dienone is 1. The zero-order chi connectivity index (χ0) is 19.9. The lowest BCUT2D eigenvalue weighted by atomic mass is 9.92. The average molecular weight is 394 g/mol. The molecule has 0 fully saturated rings. The van der Waals surface area contributed by atoms with Crippen molar-refractivity contribution in [3.05, 3.63) is 59.1 Å². The number of nitrogens with one attached hydrogen (secondary N) is 1. The Kier molecular flexibility index (Phi) is 4.71. The van der Waals surface area contributed by atoms with Crippen molar-refractivity contribution >= 4 is 34.6 Å². The number of dihydropyridines is 1. The lowest BCUT2D eigenvalue weighted by molar-refractivity contribution is 0.101. The number of thioether (sulfide) groups is 1. The molecule has 4 rings (SSSR count). The Morgan fingerprint density at radius 2 is 2.11 bits per heavy atom. The number of nitrogens with zero attached hydrogens (tertiary/aromatic N) is 4. The van der Waals surface area contributed by atoms with Gasteiger partial charge in [0.25, 0.3) is 5.91 Å². The second kappa shape index (κ2) is 7.05. The number of aliphatic imine (C=N–C) groups is 2. The maximum Gasteiger partial charge on any atom is 0.273 e. The van der Waals surface area contributed by atoms with Gasteiger partial charge in [-0.05, 0) is 24.3 Å². The fourth-order valence-electron chi connectivity index (χ4n) is 3.08. The van der Waals surface area contributed by atoms with E-state index in [1.54, 1.807) is 23.5 Å². The van der Waals surface area contributed by atoms with Gasteiger partial charge in [-0.2, -0.15) is 5.10 Å². The zero-order valence-electron chi connectivity index (χ0n) is 16.4. The van der Waals surface area contributed by atoms with Crippen LogP contribution in [0.1, 0.15) is 42.5 Å². The average Bonchev–Trinajstić information content (AvgIpc) is 3.25. The summed E-state index contributed by atoms with van der Waals surface area (Å²) in [5.74, 6) is -0.173. The van der Waals surface area contributed by atoms with Crippen molar-refractivity contribution in [2.45, 2.75) is 31.4 Å². The van der Waals surface area contributed by atoms with Gasteiger partial charge < -0.3 is 5.32 Å². The zero-order valence-corrected chi connectivity index (χ0v) is 17.2. The molecule has 0 saturated carbocycles. The molecule has 2 aliphatic heterocycles. The predicted molar refractivity (Wildman–Crippen MR) is 116 cm³/mol. The Morgan fingerprint density at radius 1 is 1.29 bits per heavy atom. The summed E-state index contributed by atoms with van der Waals surface area (Å²) in [7, 11) is 1.79. The molecule has 1 amide bonds. The summed E-state index contributed by atoms with van der Waals surface area (Å²) in [5.41, 5.74) is 4.13. The molecule has 0 aliphatic carbocycles. The van der Waals surface area contributed by atoms with Gasteiger partial charge in [-0.3, -0.25) is 14.5 Å². The molecule has 7 heteroatoms. The molecule has 0 saturated heterocycles. The van der Waals surface area contributed by atoms with E-state index in [1.165, 1.54) is 0 Å². The normalized spacial score (nSPS) is 18.5. The molecule has 0 radical (unpaired) electrons. The molecule has 1 atom stereocenters. The Bertz CT molecular complexity index is 1030. The van der Waals surface area contributed by atoms with Crippen molar-refractivity contribution in [3.8, 4) is 0 Å². The quantitative estimate of drug-likeness (QED) is 0.862. The Hall–Kier alpha value is -2.67. The minimum Gasteiger partial charge on any atom is -0.321 e. The van der Waals surface area contributed by atoms with Gasteiger partial charge in [0.1, 0.15) is 10.7 Å². The van der Waals surface area contributed by atoms with E-state index >= 15 is 0 Å². The molecule has 0 bridgehead atoms. The van der Waals surface area contributed by atoms with E-state index in [4.69, 9.17) is 4.99 Å². The summed E-state index contributed by atoms with van der Waals surface area (Å²) in [4.78, 5) is 21.8. The number of aromatic nitrogens is 2. The van der Waals surface area contributed by atoms with Gasteiger partial charge in [-0.15, -0.1) is 0 Å². The highest BCUT2D eigenvalue weighted by Crippen LogP contribution is 2.34. The highest BCUT2D eigenvalue weighted by molar-refractivity contribution is 8.15. The van der Waals surface area contributed by atoms with Crippen LogP contribution in [0.15, 0.2) is 52.1 Å². The maximum atomic E-state index is 12.8. The molecular formula is C21H23N5OS. The van der Waals surface area contributed by atoms with Gasteiger partial charge in [0.05, 0.1) is 23.2 Å². The molecule has 144 valence electrons. The second-order valence-corrected chi connectivity index (χ2v) is 9.14. The summed E-state index contributed by atoms with van der Waals surface area (Å²) in [6, 6.07) is 9.65. The van der Waals surface area contributed by atoms with Crippen molar-refractivity contribution in [1.29, 1.82) is 0 Å². The third-order valence-electron chi connectivity index (χ3n) is 4.68. The summed E-state index contributed by atoms with van der Waals surface area (Å²) < 4.78 is 1.63. The Morgan fingerprint density at radius 3 is 2.82 bits per heavy atom. The number of hydrogen-bond acceptors (Lipinski definition) is 5. The van der Waals surface area contributed by atoms with E-state index in [0.29, 0.717) is 10.9 Å². The second-order valence-electron chi connectivity index (χ2n) is 7.95. The SMILES string of the molecule is Cn1nc(C(C)(C)C)cc1C(=O)Nc1cccc(C2=NC3=CC=NCC3S2)c1. The summed E-state index contributed by atoms with van der Waals surface area (Å²) in [5, 5.41) is 8.73. The van der Waals surface area contributed by atoms with Gasteiger partial charge in [-0.1, -0.05) is 44.7 Å². The monoisotopic (exact) mass is 393 g/mol. The first-order chi connectivity index (χ1) is 13.3. The van der Waals surface area contributed by atoms with E-state index in [2.05, 4.69) is 36.2 Å². The number of carbonyl (C=O) groups excluding carboxylic acids is 1. The molecule has 1 aromatic heterocycles. The molecule has 2 aliphatic rings. The number of aryl methyl sites for hydroxylation is 1. The lowest BCUT2D eigenvalue weighted by Crippen LogP contribution is -2.16. The van der Waals surface area contributed by atoms with E-state index in [9.17, 15) is 4.79 Å². The third kappa shape index (κ3) is 3.67. The smallest absolute Gasteiger partial charge is 0.273 e. The molecule has 6 nitrogen and oxygen atoms in total. The first-order valence-electron chi connectivity index (χ1n) is 9.23. The molecule has 1 aromatic carbocycles. The van der Waals surface area contributed by atoms with Crippen molar-refractivity contribution < 1.29 is 4.79 Å². The maximum absolute atomic E-state index is 12.8.